The van der Waals surface area contributed by atoms with Crippen LogP contribution < -0.4 is 0 Å². The summed E-state index contributed by atoms with van der Waals surface area (Å²) in [4.78, 5) is 29.6. The van der Waals surface area contributed by atoms with Crippen molar-refractivity contribution in [3.05, 3.63) is 11.7 Å². The number of esters is 1. The van der Waals surface area contributed by atoms with Gasteiger partial charge in [-0.05, 0) is 20.8 Å². The lowest BCUT2D eigenvalue weighted by atomic mass is 10.2. The highest BCUT2D eigenvalue weighted by Gasteiger charge is 2.38. The van der Waals surface area contributed by atoms with Crippen LogP contribution in [-0.2, 0) is 20.9 Å². The molecule has 0 unspecified atom stereocenters. The third-order valence-electron chi connectivity index (χ3n) is 2.70. The summed E-state index contributed by atoms with van der Waals surface area (Å²) in [5.74, 6) is 1.07. The van der Waals surface area contributed by atoms with E-state index in [0.717, 1.165) is 0 Å². The van der Waals surface area contributed by atoms with Crippen molar-refractivity contribution in [3.8, 4) is 0 Å². The van der Waals surface area contributed by atoms with Gasteiger partial charge in [-0.2, -0.15) is 4.98 Å². The van der Waals surface area contributed by atoms with E-state index < -0.39 is 23.7 Å². The van der Waals surface area contributed by atoms with Crippen molar-refractivity contribution in [1.82, 2.24) is 15.0 Å². The molecular formula is C13H19N3O5S. The van der Waals surface area contributed by atoms with Gasteiger partial charge in [0.15, 0.2) is 6.61 Å². The van der Waals surface area contributed by atoms with Crippen LogP contribution in [-0.4, -0.2) is 50.4 Å². The number of thioether (sulfide) groups is 1. The van der Waals surface area contributed by atoms with E-state index in [2.05, 4.69) is 10.1 Å². The van der Waals surface area contributed by atoms with Crippen molar-refractivity contribution < 1.29 is 23.6 Å². The van der Waals surface area contributed by atoms with Crippen molar-refractivity contribution in [2.45, 2.75) is 45.9 Å². The first kappa shape index (κ1) is 16.6. The summed E-state index contributed by atoms with van der Waals surface area (Å²) in [5.41, 5.74) is -0.610. The molecule has 9 heteroatoms. The van der Waals surface area contributed by atoms with Crippen LogP contribution in [0.2, 0.25) is 0 Å². The Bertz CT molecular complexity index is 554. The van der Waals surface area contributed by atoms with Gasteiger partial charge in [-0.25, -0.2) is 9.59 Å². The summed E-state index contributed by atoms with van der Waals surface area (Å²) in [6, 6.07) is -0.659. The molecule has 2 rings (SSSR count). The lowest BCUT2D eigenvalue weighted by molar-refractivity contribution is -0.149. The zero-order valence-corrected chi connectivity index (χ0v) is 13.8. The first-order valence-corrected chi connectivity index (χ1v) is 7.95. The SMILES string of the molecule is Cc1nc(COC(=O)[C@H]2CSCN2C(=O)OC(C)(C)C)no1. The van der Waals surface area contributed by atoms with E-state index in [1.165, 1.54) is 16.7 Å². The fraction of sp³-hybridized carbons (Fsp3) is 0.692. The third kappa shape index (κ3) is 4.36. The molecule has 1 aliphatic rings. The summed E-state index contributed by atoms with van der Waals surface area (Å²) >= 11 is 1.47. The number of amides is 1. The van der Waals surface area contributed by atoms with Crippen molar-refractivity contribution in [2.75, 3.05) is 11.6 Å². The Morgan fingerprint density at radius 3 is 2.77 bits per heavy atom. The summed E-state index contributed by atoms with van der Waals surface area (Å²) in [5, 5.41) is 3.64. The summed E-state index contributed by atoms with van der Waals surface area (Å²) < 4.78 is 15.2. The van der Waals surface area contributed by atoms with Gasteiger partial charge in [0.2, 0.25) is 11.7 Å². The Kier molecular flexibility index (Phi) is 4.94. The Balaban J connectivity index is 1.91. The van der Waals surface area contributed by atoms with Crippen LogP contribution >= 0.6 is 11.8 Å². The molecule has 0 aliphatic carbocycles. The van der Waals surface area contributed by atoms with Crippen LogP contribution in [0, 0.1) is 6.92 Å². The molecule has 0 bridgehead atoms. The number of rotatable bonds is 3. The molecule has 0 spiro atoms. The number of carbonyl (C=O) groups is 2. The summed E-state index contributed by atoms with van der Waals surface area (Å²) in [6.07, 6.45) is -0.519. The zero-order valence-electron chi connectivity index (χ0n) is 13.0. The summed E-state index contributed by atoms with van der Waals surface area (Å²) in [6.45, 7) is 6.90. The van der Waals surface area contributed by atoms with E-state index in [1.54, 1.807) is 27.7 Å². The minimum atomic E-state index is -0.659. The first-order chi connectivity index (χ1) is 10.3. The van der Waals surface area contributed by atoms with E-state index in [1.807, 2.05) is 0 Å². The molecule has 1 aromatic heterocycles. The lowest BCUT2D eigenvalue weighted by Crippen LogP contribution is -2.45. The Labute approximate surface area is 132 Å². The molecule has 1 saturated heterocycles. The smallest absolute Gasteiger partial charge is 0.411 e. The molecule has 2 heterocycles. The molecule has 8 nitrogen and oxygen atoms in total. The monoisotopic (exact) mass is 329 g/mol. The van der Waals surface area contributed by atoms with E-state index in [0.29, 0.717) is 23.3 Å². The standard InChI is InChI=1S/C13H19N3O5S/c1-8-14-10(15-21-8)5-19-11(17)9-6-22-7-16(9)12(18)20-13(2,3)4/h9H,5-7H2,1-4H3/t9-/m1/s1. The molecule has 1 aliphatic heterocycles. The fourth-order valence-electron chi connectivity index (χ4n) is 1.77. The van der Waals surface area contributed by atoms with E-state index in [9.17, 15) is 9.59 Å². The number of hydrogen-bond acceptors (Lipinski definition) is 8. The third-order valence-corrected chi connectivity index (χ3v) is 3.71. The number of nitrogens with zero attached hydrogens (tertiary/aromatic N) is 3. The highest BCUT2D eigenvalue weighted by atomic mass is 32.2. The Morgan fingerprint density at radius 2 is 2.18 bits per heavy atom. The lowest BCUT2D eigenvalue weighted by Gasteiger charge is -2.26. The van der Waals surface area contributed by atoms with Gasteiger partial charge < -0.3 is 14.0 Å². The molecule has 1 amide bonds. The van der Waals surface area contributed by atoms with Crippen molar-refractivity contribution >= 4 is 23.8 Å². The second-order valence-corrected chi connectivity index (χ2v) is 6.80. The molecule has 0 saturated carbocycles. The van der Waals surface area contributed by atoms with Gasteiger partial charge in [-0.1, -0.05) is 5.16 Å². The maximum Gasteiger partial charge on any atom is 0.411 e. The van der Waals surface area contributed by atoms with Crippen molar-refractivity contribution in [3.63, 3.8) is 0 Å². The predicted molar refractivity (Wildman–Crippen MR) is 78.0 cm³/mol. The van der Waals surface area contributed by atoms with Gasteiger partial charge in [0.25, 0.3) is 0 Å². The van der Waals surface area contributed by atoms with Gasteiger partial charge in [0.1, 0.15) is 11.6 Å². The molecule has 1 atom stereocenters. The fourth-order valence-corrected chi connectivity index (χ4v) is 2.90. The molecule has 0 radical (unpaired) electrons. The minimum Gasteiger partial charge on any atom is -0.456 e. The van der Waals surface area contributed by atoms with E-state index >= 15 is 0 Å². The van der Waals surface area contributed by atoms with Gasteiger partial charge in [0, 0.05) is 12.7 Å². The number of hydrogen-bond donors (Lipinski definition) is 0. The molecule has 0 aromatic carbocycles. The largest absolute Gasteiger partial charge is 0.456 e. The van der Waals surface area contributed by atoms with E-state index in [-0.39, 0.29) is 6.61 Å². The highest BCUT2D eigenvalue weighted by molar-refractivity contribution is 7.99. The number of aryl methyl sites for hydroxylation is 1. The Morgan fingerprint density at radius 1 is 1.45 bits per heavy atom. The molecule has 1 aromatic rings. The number of aromatic nitrogens is 2. The second kappa shape index (κ2) is 6.55. The van der Waals surface area contributed by atoms with Crippen LogP contribution in [0.5, 0.6) is 0 Å². The predicted octanol–water partition coefficient (Wildman–Crippen LogP) is 1.73. The molecule has 1 fully saturated rings. The van der Waals surface area contributed by atoms with E-state index in [4.69, 9.17) is 14.0 Å². The van der Waals surface area contributed by atoms with Crippen LogP contribution in [0.3, 0.4) is 0 Å². The highest BCUT2D eigenvalue weighted by Crippen LogP contribution is 2.24. The van der Waals surface area contributed by atoms with Crippen LogP contribution in [0.15, 0.2) is 4.52 Å². The molecule has 22 heavy (non-hydrogen) atoms. The molecule has 122 valence electrons. The quantitative estimate of drug-likeness (QED) is 0.774. The number of carbonyl (C=O) groups excluding carboxylic acids is 2. The van der Waals surface area contributed by atoms with Crippen molar-refractivity contribution in [1.29, 1.82) is 0 Å². The van der Waals surface area contributed by atoms with Gasteiger partial charge in [-0.15, -0.1) is 11.8 Å². The second-order valence-electron chi connectivity index (χ2n) is 5.80. The topological polar surface area (TPSA) is 94.8 Å². The Hall–Kier alpha value is -1.77. The van der Waals surface area contributed by atoms with Crippen LogP contribution in [0.25, 0.3) is 0 Å². The average Bonchev–Trinajstić information content (AvgIpc) is 3.02. The summed E-state index contributed by atoms with van der Waals surface area (Å²) in [7, 11) is 0. The van der Waals surface area contributed by atoms with Gasteiger partial charge >= 0.3 is 12.1 Å². The maximum atomic E-state index is 12.1. The van der Waals surface area contributed by atoms with Crippen LogP contribution in [0.4, 0.5) is 4.79 Å². The first-order valence-electron chi connectivity index (χ1n) is 6.79. The van der Waals surface area contributed by atoms with Gasteiger partial charge in [-0.3, -0.25) is 4.90 Å². The number of ether oxygens (including phenoxy) is 2. The zero-order chi connectivity index (χ0) is 16.3. The molecular weight excluding hydrogens is 310 g/mol. The normalized spacial score (nSPS) is 18.4. The average molecular weight is 329 g/mol. The molecule has 0 N–H and O–H groups in total. The van der Waals surface area contributed by atoms with Crippen LogP contribution in [0.1, 0.15) is 32.5 Å². The van der Waals surface area contributed by atoms with Gasteiger partial charge in [0.05, 0.1) is 5.88 Å². The maximum absolute atomic E-state index is 12.1. The minimum absolute atomic E-state index is 0.0838. The van der Waals surface area contributed by atoms with Crippen molar-refractivity contribution in [2.24, 2.45) is 0 Å².